The molecule has 0 N–H and O–H groups in total. The maximum atomic E-state index is 2.74. The summed E-state index contributed by atoms with van der Waals surface area (Å²) in [6, 6.07) is 0.947. The van der Waals surface area contributed by atoms with Crippen molar-refractivity contribution in [2.45, 2.75) is 58.9 Å². The minimum Gasteiger partial charge on any atom is -0.300 e. The molecule has 14 heavy (non-hydrogen) atoms. The van der Waals surface area contributed by atoms with Crippen molar-refractivity contribution in [3.63, 3.8) is 0 Å². The average Bonchev–Trinajstić information content (AvgIpc) is 2.42. The summed E-state index contributed by atoms with van der Waals surface area (Å²) in [5, 5.41) is 0. The van der Waals surface area contributed by atoms with Crippen LogP contribution in [0.25, 0.3) is 0 Å². The van der Waals surface area contributed by atoms with E-state index < -0.39 is 0 Å². The van der Waals surface area contributed by atoms with Crippen molar-refractivity contribution in [2.75, 3.05) is 13.1 Å². The second kappa shape index (κ2) is 3.84. The molecule has 0 spiro atoms. The van der Waals surface area contributed by atoms with E-state index in [2.05, 4.69) is 25.7 Å². The molecule has 2 rings (SSSR count). The van der Waals surface area contributed by atoms with E-state index >= 15 is 0 Å². The number of fused-ring (bicyclic) bond motifs is 1. The summed E-state index contributed by atoms with van der Waals surface area (Å²) in [6.45, 7) is 9.98. The van der Waals surface area contributed by atoms with Gasteiger partial charge in [-0.15, -0.1) is 0 Å². The van der Waals surface area contributed by atoms with Gasteiger partial charge in [-0.3, -0.25) is 0 Å². The van der Waals surface area contributed by atoms with Crippen LogP contribution >= 0.6 is 0 Å². The van der Waals surface area contributed by atoms with Crippen LogP contribution in [0.3, 0.4) is 0 Å². The molecule has 0 aromatic carbocycles. The molecule has 1 heteroatoms. The van der Waals surface area contributed by atoms with Crippen LogP contribution in [-0.4, -0.2) is 24.0 Å². The summed E-state index contributed by atoms with van der Waals surface area (Å²) in [5.41, 5.74) is 0.528. The lowest BCUT2D eigenvalue weighted by atomic mass is 9.76. The number of rotatable bonds is 0. The molecular weight excluding hydrogens is 170 g/mol. The van der Waals surface area contributed by atoms with Crippen molar-refractivity contribution in [1.29, 1.82) is 0 Å². The summed E-state index contributed by atoms with van der Waals surface area (Å²) in [4.78, 5) is 2.74. The van der Waals surface area contributed by atoms with Gasteiger partial charge in [0.1, 0.15) is 0 Å². The highest BCUT2D eigenvalue weighted by molar-refractivity contribution is 4.86. The lowest BCUT2D eigenvalue weighted by Gasteiger charge is -2.29. The molecule has 0 bridgehead atoms. The summed E-state index contributed by atoms with van der Waals surface area (Å²) in [7, 11) is 0. The minimum absolute atomic E-state index is 0.528. The topological polar surface area (TPSA) is 3.24 Å². The maximum absolute atomic E-state index is 2.74. The zero-order valence-electron chi connectivity index (χ0n) is 10.1. The highest BCUT2D eigenvalue weighted by atomic mass is 15.2. The smallest absolute Gasteiger partial charge is 0.00958 e. The quantitative estimate of drug-likeness (QED) is 0.573. The molecule has 2 saturated heterocycles. The first kappa shape index (κ1) is 10.5. The third-order valence-corrected chi connectivity index (χ3v) is 4.34. The molecule has 0 radical (unpaired) electrons. The minimum atomic E-state index is 0.528. The molecule has 2 fully saturated rings. The van der Waals surface area contributed by atoms with Gasteiger partial charge >= 0.3 is 0 Å². The van der Waals surface area contributed by atoms with Crippen LogP contribution in [0.5, 0.6) is 0 Å². The largest absolute Gasteiger partial charge is 0.300 e. The first-order chi connectivity index (χ1) is 6.57. The van der Waals surface area contributed by atoms with Crippen LogP contribution in [-0.2, 0) is 0 Å². The molecule has 0 aromatic heterocycles. The second-order valence-electron chi connectivity index (χ2n) is 6.26. The van der Waals surface area contributed by atoms with Crippen LogP contribution in [0.4, 0.5) is 0 Å². The SMILES string of the molecule is CC(C)(C)C1CCC2CCCN2CC1. The second-order valence-corrected chi connectivity index (χ2v) is 6.26. The molecule has 0 saturated carbocycles. The summed E-state index contributed by atoms with van der Waals surface area (Å²) >= 11 is 0. The lowest BCUT2D eigenvalue weighted by molar-refractivity contribution is 0.209. The Hall–Kier alpha value is -0.0400. The van der Waals surface area contributed by atoms with Gasteiger partial charge in [-0.05, 0) is 56.5 Å². The van der Waals surface area contributed by atoms with Crippen molar-refractivity contribution < 1.29 is 0 Å². The van der Waals surface area contributed by atoms with Crippen molar-refractivity contribution in [1.82, 2.24) is 4.90 Å². The van der Waals surface area contributed by atoms with E-state index in [9.17, 15) is 0 Å². The fraction of sp³-hybridized carbons (Fsp3) is 1.00. The molecule has 1 nitrogen and oxygen atoms in total. The Morgan fingerprint density at radius 2 is 1.71 bits per heavy atom. The molecule has 0 aliphatic carbocycles. The molecule has 82 valence electrons. The van der Waals surface area contributed by atoms with E-state index in [0.29, 0.717) is 5.41 Å². The van der Waals surface area contributed by atoms with Crippen LogP contribution in [0.1, 0.15) is 52.9 Å². The van der Waals surface area contributed by atoms with Crippen molar-refractivity contribution in [3.8, 4) is 0 Å². The van der Waals surface area contributed by atoms with Crippen LogP contribution < -0.4 is 0 Å². The van der Waals surface area contributed by atoms with E-state index in [1.807, 2.05) is 0 Å². The third kappa shape index (κ3) is 2.13. The molecular formula is C13H25N. The predicted octanol–water partition coefficient (Wildman–Crippen LogP) is 3.30. The Balaban J connectivity index is 1.96. The summed E-state index contributed by atoms with van der Waals surface area (Å²) in [6.07, 6.45) is 7.27. The van der Waals surface area contributed by atoms with E-state index in [1.54, 1.807) is 0 Å². The Bertz CT molecular complexity index is 178. The van der Waals surface area contributed by atoms with Gasteiger partial charge in [-0.2, -0.15) is 0 Å². The molecule has 2 aliphatic heterocycles. The fourth-order valence-corrected chi connectivity index (χ4v) is 3.24. The van der Waals surface area contributed by atoms with Gasteiger partial charge in [-0.25, -0.2) is 0 Å². The highest BCUT2D eigenvalue weighted by Gasteiger charge is 2.32. The molecule has 0 aromatic rings. The Kier molecular flexibility index (Phi) is 2.88. The third-order valence-electron chi connectivity index (χ3n) is 4.34. The monoisotopic (exact) mass is 195 g/mol. The zero-order chi connectivity index (χ0) is 10.2. The fourth-order valence-electron chi connectivity index (χ4n) is 3.24. The number of hydrogen-bond donors (Lipinski definition) is 0. The molecule has 2 heterocycles. The van der Waals surface area contributed by atoms with Gasteiger partial charge in [0.05, 0.1) is 0 Å². The van der Waals surface area contributed by atoms with Gasteiger partial charge in [-0.1, -0.05) is 20.8 Å². The van der Waals surface area contributed by atoms with Crippen LogP contribution in [0.2, 0.25) is 0 Å². The van der Waals surface area contributed by atoms with E-state index in [4.69, 9.17) is 0 Å². The first-order valence-electron chi connectivity index (χ1n) is 6.31. The van der Waals surface area contributed by atoms with Gasteiger partial charge in [0.25, 0.3) is 0 Å². The predicted molar refractivity (Wildman–Crippen MR) is 61.4 cm³/mol. The van der Waals surface area contributed by atoms with Gasteiger partial charge in [0, 0.05) is 6.04 Å². The van der Waals surface area contributed by atoms with E-state index in [0.717, 1.165) is 12.0 Å². The molecule has 2 unspecified atom stereocenters. The normalized spacial score (nSPS) is 35.4. The standard InChI is InChI=1S/C13H25N/c1-13(2,3)11-6-7-12-5-4-9-14(12)10-8-11/h11-12H,4-10H2,1-3H3. The Morgan fingerprint density at radius 3 is 2.43 bits per heavy atom. The van der Waals surface area contributed by atoms with Crippen molar-refractivity contribution >= 4 is 0 Å². The van der Waals surface area contributed by atoms with Crippen molar-refractivity contribution in [2.24, 2.45) is 11.3 Å². The molecule has 2 atom stereocenters. The molecule has 2 aliphatic rings. The van der Waals surface area contributed by atoms with Crippen LogP contribution in [0, 0.1) is 11.3 Å². The van der Waals surface area contributed by atoms with Crippen molar-refractivity contribution in [3.05, 3.63) is 0 Å². The van der Waals surface area contributed by atoms with Crippen LogP contribution in [0.15, 0.2) is 0 Å². The van der Waals surface area contributed by atoms with E-state index in [1.165, 1.54) is 45.2 Å². The average molecular weight is 195 g/mol. The van der Waals surface area contributed by atoms with E-state index in [-0.39, 0.29) is 0 Å². The lowest BCUT2D eigenvalue weighted by Crippen LogP contribution is -2.28. The summed E-state index contributed by atoms with van der Waals surface area (Å²) in [5.74, 6) is 0.952. The highest BCUT2D eigenvalue weighted by Crippen LogP contribution is 2.37. The van der Waals surface area contributed by atoms with Gasteiger partial charge in [0.2, 0.25) is 0 Å². The Labute approximate surface area is 88.9 Å². The number of nitrogens with zero attached hydrogens (tertiary/aromatic N) is 1. The number of hydrogen-bond acceptors (Lipinski definition) is 1. The first-order valence-corrected chi connectivity index (χ1v) is 6.31. The summed E-state index contributed by atoms with van der Waals surface area (Å²) < 4.78 is 0. The Morgan fingerprint density at radius 1 is 0.929 bits per heavy atom. The zero-order valence-corrected chi connectivity index (χ0v) is 10.1. The molecule has 0 amide bonds. The maximum Gasteiger partial charge on any atom is 0.00958 e. The van der Waals surface area contributed by atoms with Gasteiger partial charge < -0.3 is 4.90 Å². The van der Waals surface area contributed by atoms with Gasteiger partial charge in [0.15, 0.2) is 0 Å².